The van der Waals surface area contributed by atoms with E-state index in [0.717, 1.165) is 6.07 Å². The van der Waals surface area contributed by atoms with Crippen molar-refractivity contribution in [3.8, 4) is 5.75 Å². The van der Waals surface area contributed by atoms with Gasteiger partial charge in [0.05, 0.1) is 24.7 Å². The van der Waals surface area contributed by atoms with Crippen molar-refractivity contribution >= 4 is 28.6 Å². The zero-order valence-corrected chi connectivity index (χ0v) is 21.3. The number of halogens is 3. The van der Waals surface area contributed by atoms with Crippen molar-refractivity contribution in [2.45, 2.75) is 30.2 Å². The number of aliphatic carboxylic acids is 1. The average Bonchev–Trinajstić information content (AvgIpc) is 2.86. The number of nitrogens with two attached hydrogens (primary N) is 1. The molecule has 2 aromatic carbocycles. The van der Waals surface area contributed by atoms with E-state index in [0.29, 0.717) is 71.8 Å². The third kappa shape index (κ3) is 6.74. The van der Waals surface area contributed by atoms with Gasteiger partial charge in [0.25, 0.3) is 0 Å². The molecule has 1 fully saturated rings. The van der Waals surface area contributed by atoms with Crippen molar-refractivity contribution in [3.63, 3.8) is 0 Å². The fraction of sp³-hybridized carbons (Fsp3) is 0.407. The van der Waals surface area contributed by atoms with Crippen LogP contribution in [0.4, 0.5) is 13.2 Å². The van der Waals surface area contributed by atoms with Gasteiger partial charge in [0.15, 0.2) is 0 Å². The lowest BCUT2D eigenvalue weighted by molar-refractivity contribution is -0.146. The number of rotatable bonds is 10. The van der Waals surface area contributed by atoms with Crippen molar-refractivity contribution in [2.75, 3.05) is 32.5 Å². The lowest BCUT2D eigenvalue weighted by Gasteiger charge is -2.37. The molecule has 1 aliphatic rings. The Labute approximate surface area is 218 Å². The van der Waals surface area contributed by atoms with Crippen LogP contribution in [0.15, 0.2) is 47.5 Å². The number of thioether (sulfide) groups is 1. The molecule has 1 saturated heterocycles. The lowest BCUT2D eigenvalue weighted by atomic mass is 9.81. The summed E-state index contributed by atoms with van der Waals surface area (Å²) >= 11 is 1.33. The Morgan fingerprint density at radius 3 is 2.70 bits per heavy atom. The van der Waals surface area contributed by atoms with E-state index in [1.807, 2.05) is 0 Å². The van der Waals surface area contributed by atoms with E-state index in [-0.39, 0.29) is 5.92 Å². The van der Waals surface area contributed by atoms with Gasteiger partial charge in [-0.1, -0.05) is 0 Å². The maximum absolute atomic E-state index is 14.8. The Balaban J connectivity index is 1.36. The van der Waals surface area contributed by atoms with E-state index < -0.39 is 35.4 Å². The van der Waals surface area contributed by atoms with Crippen LogP contribution in [-0.2, 0) is 4.79 Å². The Morgan fingerprint density at radius 2 is 2.00 bits per heavy atom. The molecule has 4 rings (SSSR count). The molecule has 37 heavy (non-hydrogen) atoms. The number of aromatic nitrogens is 1. The maximum atomic E-state index is 14.8. The molecule has 0 saturated carbocycles. The van der Waals surface area contributed by atoms with Gasteiger partial charge < -0.3 is 20.5 Å². The SMILES string of the molecule is COc1ccc2ncc(F)c([C@@H](N)CC[C@H]3CCN(CCSc4cc(F)cc(F)c4)C[C@H]3C(=O)O)c2c1. The molecule has 0 radical (unpaired) electrons. The first-order valence-corrected chi connectivity index (χ1v) is 13.2. The predicted molar refractivity (Wildman–Crippen MR) is 137 cm³/mol. The van der Waals surface area contributed by atoms with Crippen LogP contribution < -0.4 is 10.5 Å². The van der Waals surface area contributed by atoms with Gasteiger partial charge >= 0.3 is 5.97 Å². The van der Waals surface area contributed by atoms with Crippen LogP contribution in [0.3, 0.4) is 0 Å². The van der Waals surface area contributed by atoms with Gasteiger partial charge in [-0.05, 0) is 62.1 Å². The number of methoxy groups -OCH3 is 1. The van der Waals surface area contributed by atoms with Gasteiger partial charge in [-0.3, -0.25) is 9.78 Å². The van der Waals surface area contributed by atoms with Crippen molar-refractivity contribution in [1.82, 2.24) is 9.88 Å². The van der Waals surface area contributed by atoms with Crippen LogP contribution >= 0.6 is 11.8 Å². The molecule has 3 atom stereocenters. The van der Waals surface area contributed by atoms with Crippen LogP contribution in [0.25, 0.3) is 10.9 Å². The van der Waals surface area contributed by atoms with Crippen LogP contribution in [0.1, 0.15) is 30.9 Å². The number of ether oxygens (including phenoxy) is 1. The highest BCUT2D eigenvalue weighted by molar-refractivity contribution is 7.99. The second-order valence-corrected chi connectivity index (χ2v) is 10.5. The second-order valence-electron chi connectivity index (χ2n) is 9.33. The Kier molecular flexibility index (Phi) is 8.94. The molecule has 10 heteroatoms. The van der Waals surface area contributed by atoms with Crippen LogP contribution in [0, 0.1) is 29.3 Å². The highest BCUT2D eigenvalue weighted by Crippen LogP contribution is 2.34. The molecular formula is C27H30F3N3O3S. The van der Waals surface area contributed by atoms with E-state index in [4.69, 9.17) is 10.5 Å². The average molecular weight is 534 g/mol. The van der Waals surface area contributed by atoms with Gasteiger partial charge in [0, 0.05) is 46.8 Å². The van der Waals surface area contributed by atoms with Crippen LogP contribution in [0.5, 0.6) is 5.75 Å². The van der Waals surface area contributed by atoms with Crippen molar-refractivity contribution in [3.05, 3.63) is 65.6 Å². The van der Waals surface area contributed by atoms with Gasteiger partial charge in [-0.15, -0.1) is 11.8 Å². The van der Waals surface area contributed by atoms with E-state index in [9.17, 15) is 23.1 Å². The van der Waals surface area contributed by atoms with Crippen molar-refractivity contribution in [2.24, 2.45) is 17.6 Å². The number of carboxylic acid groups (broad SMARTS) is 1. The quantitative estimate of drug-likeness (QED) is 0.344. The van der Waals surface area contributed by atoms with Crippen molar-refractivity contribution < 1.29 is 27.8 Å². The number of nitrogens with zero attached hydrogens (tertiary/aromatic N) is 2. The number of carboxylic acids is 1. The van der Waals surface area contributed by atoms with Crippen molar-refractivity contribution in [1.29, 1.82) is 0 Å². The molecule has 198 valence electrons. The largest absolute Gasteiger partial charge is 0.497 e. The number of fused-ring (bicyclic) bond motifs is 1. The minimum atomic E-state index is -0.867. The Morgan fingerprint density at radius 1 is 1.24 bits per heavy atom. The zero-order chi connectivity index (χ0) is 26.5. The van der Waals surface area contributed by atoms with E-state index in [1.54, 1.807) is 18.2 Å². The van der Waals surface area contributed by atoms with Gasteiger partial charge in [-0.25, -0.2) is 13.2 Å². The summed E-state index contributed by atoms with van der Waals surface area (Å²) in [6, 6.07) is 8.01. The summed E-state index contributed by atoms with van der Waals surface area (Å²) in [5.41, 5.74) is 7.41. The third-order valence-electron chi connectivity index (χ3n) is 6.96. The summed E-state index contributed by atoms with van der Waals surface area (Å²) in [6.07, 6.45) is 2.83. The molecule has 2 heterocycles. The number of benzene rings is 2. The van der Waals surface area contributed by atoms with E-state index in [1.165, 1.54) is 37.2 Å². The highest BCUT2D eigenvalue weighted by atomic mass is 32.2. The summed E-state index contributed by atoms with van der Waals surface area (Å²) in [4.78, 5) is 18.8. The molecule has 0 spiro atoms. The normalized spacial score (nSPS) is 19.2. The number of hydrogen-bond donors (Lipinski definition) is 2. The molecule has 0 unspecified atom stereocenters. The molecule has 3 N–H and O–H groups in total. The molecular weight excluding hydrogens is 503 g/mol. The molecule has 0 bridgehead atoms. The Hall–Kier alpha value is -2.82. The second kappa shape index (κ2) is 12.1. The summed E-state index contributed by atoms with van der Waals surface area (Å²) in [5.74, 6) is -2.10. The first kappa shape index (κ1) is 27.2. The first-order chi connectivity index (χ1) is 17.7. The topological polar surface area (TPSA) is 88.7 Å². The molecule has 1 aliphatic heterocycles. The van der Waals surface area contributed by atoms with Gasteiger partial charge in [0.1, 0.15) is 23.2 Å². The summed E-state index contributed by atoms with van der Waals surface area (Å²) < 4.78 is 46.8. The Bertz CT molecular complexity index is 1240. The smallest absolute Gasteiger partial charge is 0.308 e. The summed E-state index contributed by atoms with van der Waals surface area (Å²) in [7, 11) is 1.53. The fourth-order valence-electron chi connectivity index (χ4n) is 5.01. The minimum absolute atomic E-state index is 0.0875. The number of carbonyl (C=O) groups is 1. The van der Waals surface area contributed by atoms with Crippen LogP contribution in [0.2, 0.25) is 0 Å². The molecule has 1 aromatic heterocycles. The number of pyridine rings is 1. The predicted octanol–water partition coefficient (Wildman–Crippen LogP) is 5.26. The monoisotopic (exact) mass is 533 g/mol. The minimum Gasteiger partial charge on any atom is -0.497 e. The molecule has 3 aromatic rings. The fourth-order valence-corrected chi connectivity index (χ4v) is 5.99. The van der Waals surface area contributed by atoms with Gasteiger partial charge in [0.2, 0.25) is 0 Å². The number of piperidine rings is 1. The maximum Gasteiger partial charge on any atom is 0.308 e. The molecule has 6 nitrogen and oxygen atoms in total. The highest BCUT2D eigenvalue weighted by Gasteiger charge is 2.34. The standard InChI is InChI=1S/C27H30F3N3O3S/c1-36-19-3-5-25-21(13-19)26(23(30)14-32-25)24(31)4-2-16-6-7-33(15-22(16)27(34)35)8-9-37-20-11-17(28)10-18(29)12-20/h3,5,10-14,16,22,24H,2,4,6-9,15,31H2,1H3,(H,34,35)/t16-,22+,24-/m0/s1. The zero-order valence-electron chi connectivity index (χ0n) is 20.5. The lowest BCUT2D eigenvalue weighted by Crippen LogP contribution is -2.44. The molecule has 0 amide bonds. The van der Waals surface area contributed by atoms with E-state index >= 15 is 0 Å². The van der Waals surface area contributed by atoms with Gasteiger partial charge in [-0.2, -0.15) is 0 Å². The number of hydrogen-bond acceptors (Lipinski definition) is 6. The van der Waals surface area contributed by atoms with E-state index in [2.05, 4.69) is 9.88 Å². The third-order valence-corrected chi connectivity index (χ3v) is 7.91. The number of likely N-dealkylation sites (tertiary alicyclic amines) is 1. The first-order valence-electron chi connectivity index (χ1n) is 12.2. The summed E-state index contributed by atoms with van der Waals surface area (Å²) in [5, 5.41) is 10.5. The molecule has 0 aliphatic carbocycles. The summed E-state index contributed by atoms with van der Waals surface area (Å²) in [6.45, 7) is 1.71. The van der Waals surface area contributed by atoms with Crippen LogP contribution in [-0.4, -0.2) is 53.5 Å².